The van der Waals surface area contributed by atoms with Crippen molar-refractivity contribution in [3.8, 4) is 0 Å². The molecule has 0 saturated heterocycles. The largest absolute Gasteiger partial charge is 0.384 e. The number of nitrogen functional groups attached to an aromatic ring is 1. The molecular formula is C6H8N2. The molecule has 0 spiro atoms. The first-order chi connectivity index (χ1) is 5.00. The summed E-state index contributed by atoms with van der Waals surface area (Å²) in [7, 11) is 0. The molecule has 1 rings (SSSR count). The van der Waals surface area contributed by atoms with Crippen LogP contribution < -0.4 is 5.73 Å². The van der Waals surface area contributed by atoms with Gasteiger partial charge in [0.05, 0.1) is 0 Å². The van der Waals surface area contributed by atoms with E-state index in [4.69, 9.17) is 9.85 Å². The van der Waals surface area contributed by atoms with Gasteiger partial charge in [0.2, 0.25) is 0 Å². The summed E-state index contributed by atoms with van der Waals surface area (Å²) in [5.74, 6) is 0.331. The maximum absolute atomic E-state index is 7.00. The van der Waals surface area contributed by atoms with Crippen LogP contribution in [0.15, 0.2) is 18.3 Å². The summed E-state index contributed by atoms with van der Waals surface area (Å²) < 4.78 is 21.0. The monoisotopic (exact) mass is 111 g/mol. The van der Waals surface area contributed by atoms with E-state index in [0.717, 1.165) is 0 Å². The van der Waals surface area contributed by atoms with Crippen LogP contribution in [0.2, 0.25) is 0 Å². The zero-order valence-electron chi connectivity index (χ0n) is 7.26. The second kappa shape index (κ2) is 1.82. The predicted octanol–water partition coefficient (Wildman–Crippen LogP) is 0.972. The van der Waals surface area contributed by atoms with E-state index >= 15 is 0 Å². The highest BCUT2D eigenvalue weighted by Crippen LogP contribution is 1.97. The molecule has 2 nitrogen and oxygen atoms in total. The van der Waals surface area contributed by atoms with Crippen molar-refractivity contribution in [2.45, 2.75) is 6.85 Å². The molecule has 2 heteroatoms. The molecule has 0 bridgehead atoms. The molecule has 1 aromatic heterocycles. The number of nitrogens with two attached hydrogens (primary N) is 1. The van der Waals surface area contributed by atoms with E-state index in [2.05, 4.69) is 4.98 Å². The molecule has 0 saturated carbocycles. The first-order valence-electron chi connectivity index (χ1n) is 3.72. The second-order valence-electron chi connectivity index (χ2n) is 1.47. The molecule has 1 heterocycles. The fourth-order valence-corrected chi connectivity index (χ4v) is 0.405. The number of aryl methyl sites for hydroxylation is 1. The molecular weight excluding hydrogens is 100 g/mol. The maximum Gasteiger partial charge on any atom is 0.123 e. The van der Waals surface area contributed by atoms with Crippen LogP contribution in [0.3, 0.4) is 0 Å². The van der Waals surface area contributed by atoms with Crippen molar-refractivity contribution in [2.75, 3.05) is 5.73 Å². The van der Waals surface area contributed by atoms with E-state index < -0.39 is 6.85 Å². The highest BCUT2D eigenvalue weighted by atomic mass is 14.8. The van der Waals surface area contributed by atoms with Gasteiger partial charge >= 0.3 is 0 Å². The Balaban J connectivity index is 2.99. The van der Waals surface area contributed by atoms with Crippen LogP contribution >= 0.6 is 0 Å². The molecule has 0 aliphatic carbocycles. The number of aromatic nitrogens is 1. The molecule has 0 fully saturated rings. The normalized spacial score (nSPS) is 16.2. The van der Waals surface area contributed by atoms with Gasteiger partial charge in [-0.05, 0) is 18.5 Å². The first-order valence-corrected chi connectivity index (χ1v) is 2.22. The van der Waals surface area contributed by atoms with E-state index in [-0.39, 0.29) is 5.56 Å². The second-order valence-corrected chi connectivity index (χ2v) is 1.47. The molecule has 0 aliphatic rings. The van der Waals surface area contributed by atoms with Gasteiger partial charge in [-0.1, -0.05) is 6.07 Å². The van der Waals surface area contributed by atoms with Crippen molar-refractivity contribution in [2.24, 2.45) is 0 Å². The minimum absolute atomic E-state index is 0.215. The molecule has 0 atom stereocenters. The van der Waals surface area contributed by atoms with Crippen LogP contribution in [0.1, 0.15) is 9.68 Å². The van der Waals surface area contributed by atoms with Gasteiger partial charge < -0.3 is 5.73 Å². The highest BCUT2D eigenvalue weighted by molar-refractivity contribution is 5.28. The third kappa shape index (κ3) is 0.964. The van der Waals surface area contributed by atoms with Crippen molar-refractivity contribution in [3.05, 3.63) is 23.9 Å². The highest BCUT2D eigenvalue weighted by Gasteiger charge is 1.81. The lowest BCUT2D eigenvalue weighted by Crippen LogP contribution is -1.87. The summed E-state index contributed by atoms with van der Waals surface area (Å²) in [4.78, 5) is 3.66. The SMILES string of the molecule is [2H]C([2H])([2H])c1ccc(N)nc1. The summed E-state index contributed by atoms with van der Waals surface area (Å²) in [6.07, 6.45) is 1.27. The lowest BCUT2D eigenvalue weighted by atomic mass is 10.3. The molecule has 0 radical (unpaired) electrons. The number of hydrogen-bond acceptors (Lipinski definition) is 2. The molecule has 0 amide bonds. The lowest BCUT2D eigenvalue weighted by Gasteiger charge is -1.89. The average molecular weight is 111 g/mol. The van der Waals surface area contributed by atoms with Crippen LogP contribution in [0.4, 0.5) is 5.82 Å². The summed E-state index contributed by atoms with van der Waals surface area (Å²) >= 11 is 0. The van der Waals surface area contributed by atoms with Crippen molar-refractivity contribution >= 4 is 5.82 Å². The number of rotatable bonds is 0. The fourth-order valence-electron chi connectivity index (χ4n) is 0.405. The molecule has 0 aliphatic heterocycles. The van der Waals surface area contributed by atoms with Gasteiger partial charge in [0, 0.05) is 10.3 Å². The number of hydrogen-bond donors (Lipinski definition) is 1. The summed E-state index contributed by atoms with van der Waals surface area (Å²) in [6.45, 7) is -2.08. The van der Waals surface area contributed by atoms with Gasteiger partial charge in [-0.15, -0.1) is 0 Å². The first kappa shape index (κ1) is 2.49. The van der Waals surface area contributed by atoms with Gasteiger partial charge in [0.25, 0.3) is 0 Å². The van der Waals surface area contributed by atoms with Crippen molar-refractivity contribution in [1.29, 1.82) is 0 Å². The van der Waals surface area contributed by atoms with E-state index in [1.807, 2.05) is 0 Å². The van der Waals surface area contributed by atoms with Gasteiger partial charge in [-0.25, -0.2) is 4.98 Å². The van der Waals surface area contributed by atoms with Crippen LogP contribution in [-0.2, 0) is 0 Å². The van der Waals surface area contributed by atoms with Crippen molar-refractivity contribution < 1.29 is 4.11 Å². The van der Waals surface area contributed by atoms with Crippen LogP contribution in [0.5, 0.6) is 0 Å². The maximum atomic E-state index is 7.00. The molecule has 42 valence electrons. The number of anilines is 1. The minimum Gasteiger partial charge on any atom is -0.384 e. The molecule has 0 unspecified atom stereocenters. The van der Waals surface area contributed by atoms with Gasteiger partial charge in [-0.2, -0.15) is 0 Å². The lowest BCUT2D eigenvalue weighted by molar-refractivity contribution is 1.28. The smallest absolute Gasteiger partial charge is 0.123 e. The van der Waals surface area contributed by atoms with E-state index in [1.165, 1.54) is 18.3 Å². The van der Waals surface area contributed by atoms with Crippen LogP contribution in [0.25, 0.3) is 0 Å². The predicted molar refractivity (Wildman–Crippen MR) is 33.4 cm³/mol. The third-order valence-corrected chi connectivity index (χ3v) is 0.786. The standard InChI is InChI=1S/C6H8N2/c1-5-2-3-6(7)8-4-5/h2-4H,1H3,(H2,7,8)/i1D3. The molecule has 0 aromatic carbocycles. The van der Waals surface area contributed by atoms with Gasteiger partial charge in [0.15, 0.2) is 0 Å². The zero-order valence-corrected chi connectivity index (χ0v) is 4.26. The van der Waals surface area contributed by atoms with E-state index in [0.29, 0.717) is 5.82 Å². The van der Waals surface area contributed by atoms with E-state index in [1.54, 1.807) is 0 Å². The summed E-state index contributed by atoms with van der Waals surface area (Å²) in [6, 6.07) is 2.93. The van der Waals surface area contributed by atoms with Crippen molar-refractivity contribution in [1.82, 2.24) is 4.98 Å². The molecule has 8 heavy (non-hydrogen) atoms. The quantitative estimate of drug-likeness (QED) is 0.541. The fraction of sp³-hybridized carbons (Fsp3) is 0.167. The summed E-state index contributed by atoms with van der Waals surface area (Å²) in [5.41, 5.74) is 5.49. The average Bonchev–Trinajstić information content (AvgIpc) is 1.86. The Morgan fingerprint density at radius 1 is 1.75 bits per heavy atom. The molecule has 1 aromatic rings. The van der Waals surface area contributed by atoms with E-state index in [9.17, 15) is 0 Å². The molecule has 2 N–H and O–H groups in total. The number of nitrogens with zero attached hydrogens (tertiary/aromatic N) is 1. The van der Waals surface area contributed by atoms with Crippen LogP contribution in [-0.4, -0.2) is 4.98 Å². The van der Waals surface area contributed by atoms with Crippen molar-refractivity contribution in [3.63, 3.8) is 0 Å². The number of pyridine rings is 1. The Kier molecular flexibility index (Phi) is 0.565. The Morgan fingerprint density at radius 3 is 3.12 bits per heavy atom. The Bertz CT molecular complexity index is 239. The Morgan fingerprint density at radius 2 is 2.62 bits per heavy atom. The Hall–Kier alpha value is -1.05. The minimum atomic E-state index is -2.08. The summed E-state index contributed by atoms with van der Waals surface area (Å²) in [5, 5.41) is 0. The van der Waals surface area contributed by atoms with Crippen LogP contribution in [0, 0.1) is 6.85 Å². The third-order valence-electron chi connectivity index (χ3n) is 0.786. The van der Waals surface area contributed by atoms with Gasteiger partial charge in [-0.3, -0.25) is 0 Å². The van der Waals surface area contributed by atoms with Gasteiger partial charge in [0.1, 0.15) is 5.82 Å². The Labute approximate surface area is 52.6 Å². The topological polar surface area (TPSA) is 38.9 Å². The zero-order chi connectivity index (χ0) is 8.48.